The third kappa shape index (κ3) is 3.71. The van der Waals surface area contributed by atoms with Crippen molar-refractivity contribution >= 4 is 22.4 Å². The first-order valence-corrected chi connectivity index (χ1v) is 8.20. The smallest absolute Gasteiger partial charge is 0.240 e. The second-order valence-corrected chi connectivity index (χ2v) is 6.29. The Morgan fingerprint density at radius 3 is 3.00 bits per heavy atom. The van der Waals surface area contributed by atoms with Gasteiger partial charge < -0.3 is 10.1 Å². The summed E-state index contributed by atoms with van der Waals surface area (Å²) in [5.41, 5.74) is 1.15. The highest BCUT2D eigenvalue weighted by Crippen LogP contribution is 2.24. The second kappa shape index (κ2) is 7.00. The Morgan fingerprint density at radius 1 is 1.45 bits per heavy atom. The molecule has 1 N–H and O–H groups in total. The van der Waals surface area contributed by atoms with Gasteiger partial charge in [0.05, 0.1) is 19.3 Å². The van der Waals surface area contributed by atoms with Crippen LogP contribution in [0.25, 0.3) is 0 Å². The minimum atomic E-state index is -0.0319. The van der Waals surface area contributed by atoms with Gasteiger partial charge in [0.15, 0.2) is 5.13 Å². The van der Waals surface area contributed by atoms with Crippen molar-refractivity contribution in [2.75, 3.05) is 25.0 Å². The molecule has 2 heterocycles. The summed E-state index contributed by atoms with van der Waals surface area (Å²) >= 11 is 1.43. The lowest BCUT2D eigenvalue weighted by Crippen LogP contribution is -2.48. The van der Waals surface area contributed by atoms with Crippen LogP contribution < -0.4 is 5.32 Å². The monoisotopic (exact) mass is 317 g/mol. The molecular formula is C16H19N3O2S. The van der Waals surface area contributed by atoms with E-state index in [1.165, 1.54) is 11.3 Å². The lowest BCUT2D eigenvalue weighted by Gasteiger charge is -2.37. The lowest BCUT2D eigenvalue weighted by molar-refractivity contribution is -0.121. The quantitative estimate of drug-likeness (QED) is 0.941. The summed E-state index contributed by atoms with van der Waals surface area (Å²) in [4.78, 5) is 18.4. The highest BCUT2D eigenvalue weighted by Gasteiger charge is 2.28. The van der Waals surface area contributed by atoms with E-state index in [-0.39, 0.29) is 18.1 Å². The van der Waals surface area contributed by atoms with Crippen molar-refractivity contribution < 1.29 is 9.53 Å². The molecule has 0 radical (unpaired) electrons. The van der Waals surface area contributed by atoms with Crippen molar-refractivity contribution in [2.24, 2.45) is 0 Å². The van der Waals surface area contributed by atoms with Crippen molar-refractivity contribution in [3.63, 3.8) is 0 Å². The van der Waals surface area contributed by atoms with Crippen molar-refractivity contribution in [3.05, 3.63) is 47.5 Å². The molecule has 0 saturated carbocycles. The molecule has 2 atom stereocenters. The lowest BCUT2D eigenvalue weighted by atomic mass is 10.1. The van der Waals surface area contributed by atoms with Gasteiger partial charge in [0.1, 0.15) is 0 Å². The van der Waals surface area contributed by atoms with E-state index >= 15 is 0 Å². The molecule has 0 aliphatic carbocycles. The van der Waals surface area contributed by atoms with Gasteiger partial charge in [0, 0.05) is 24.2 Å². The molecule has 0 spiro atoms. The number of amides is 1. The first-order chi connectivity index (χ1) is 10.7. The maximum absolute atomic E-state index is 12.1. The van der Waals surface area contributed by atoms with Gasteiger partial charge in [-0.2, -0.15) is 0 Å². The molecule has 2 aromatic rings. The van der Waals surface area contributed by atoms with Gasteiger partial charge in [-0.3, -0.25) is 9.69 Å². The van der Waals surface area contributed by atoms with Gasteiger partial charge in [0.2, 0.25) is 5.91 Å². The number of hydrogen-bond donors (Lipinski definition) is 1. The number of carbonyl (C=O) groups excluding carboxylic acids is 1. The minimum Gasteiger partial charge on any atom is -0.371 e. The fourth-order valence-corrected chi connectivity index (χ4v) is 3.07. The van der Waals surface area contributed by atoms with E-state index in [2.05, 4.69) is 34.3 Å². The summed E-state index contributed by atoms with van der Waals surface area (Å²) in [7, 11) is 0. The molecule has 1 aliphatic rings. The molecule has 2 unspecified atom stereocenters. The third-order valence-electron chi connectivity index (χ3n) is 3.76. The zero-order valence-corrected chi connectivity index (χ0v) is 13.3. The summed E-state index contributed by atoms with van der Waals surface area (Å²) < 4.78 is 5.91. The van der Waals surface area contributed by atoms with E-state index in [1.54, 1.807) is 6.20 Å². The van der Waals surface area contributed by atoms with Gasteiger partial charge in [-0.25, -0.2) is 4.98 Å². The van der Waals surface area contributed by atoms with E-state index in [0.717, 1.165) is 12.1 Å². The van der Waals surface area contributed by atoms with Crippen LogP contribution in [-0.4, -0.2) is 41.5 Å². The number of ether oxygens (including phenoxy) is 1. The van der Waals surface area contributed by atoms with Gasteiger partial charge >= 0.3 is 0 Å². The van der Waals surface area contributed by atoms with Gasteiger partial charge in [-0.05, 0) is 12.5 Å². The van der Waals surface area contributed by atoms with Crippen LogP contribution in [0.15, 0.2) is 41.9 Å². The number of carbonyl (C=O) groups is 1. The zero-order chi connectivity index (χ0) is 15.4. The largest absolute Gasteiger partial charge is 0.371 e. The molecule has 1 saturated heterocycles. The molecule has 1 aliphatic heterocycles. The first-order valence-electron chi connectivity index (χ1n) is 7.32. The number of nitrogens with zero attached hydrogens (tertiary/aromatic N) is 2. The number of thiazole rings is 1. The number of rotatable bonds is 4. The molecular weight excluding hydrogens is 298 g/mol. The normalized spacial score (nSPS) is 22.4. The predicted octanol–water partition coefficient (Wildman–Crippen LogP) is 2.54. The predicted molar refractivity (Wildman–Crippen MR) is 86.9 cm³/mol. The van der Waals surface area contributed by atoms with Crippen LogP contribution in [0.3, 0.4) is 0 Å². The topological polar surface area (TPSA) is 54.5 Å². The number of morpholine rings is 1. The summed E-state index contributed by atoms with van der Waals surface area (Å²) in [6, 6.07) is 10.4. The van der Waals surface area contributed by atoms with Crippen molar-refractivity contribution in [1.29, 1.82) is 0 Å². The Labute approximate surface area is 133 Å². The number of anilines is 1. The van der Waals surface area contributed by atoms with Crippen molar-refractivity contribution in [1.82, 2.24) is 9.88 Å². The molecule has 5 nitrogen and oxygen atoms in total. The minimum absolute atomic E-state index is 0.0186. The molecule has 116 valence electrons. The van der Waals surface area contributed by atoms with Gasteiger partial charge in [-0.15, -0.1) is 11.3 Å². The Kier molecular flexibility index (Phi) is 4.82. The van der Waals surface area contributed by atoms with Crippen LogP contribution in [0.4, 0.5) is 5.13 Å². The maximum Gasteiger partial charge on any atom is 0.240 e. The fraction of sp³-hybridized carbons (Fsp3) is 0.375. The van der Waals surface area contributed by atoms with E-state index in [9.17, 15) is 4.79 Å². The summed E-state index contributed by atoms with van der Waals surface area (Å²) in [6.07, 6.45) is 1.70. The maximum atomic E-state index is 12.1. The number of aromatic nitrogens is 1. The van der Waals surface area contributed by atoms with Gasteiger partial charge in [0.25, 0.3) is 0 Å². The molecule has 6 heteroatoms. The highest BCUT2D eigenvalue weighted by molar-refractivity contribution is 7.13. The Hall–Kier alpha value is -1.76. The summed E-state index contributed by atoms with van der Waals surface area (Å²) in [5, 5.41) is 5.32. The van der Waals surface area contributed by atoms with E-state index in [0.29, 0.717) is 18.3 Å². The Morgan fingerprint density at radius 2 is 2.27 bits per heavy atom. The fourth-order valence-electron chi connectivity index (χ4n) is 2.52. The van der Waals surface area contributed by atoms with Crippen LogP contribution in [0.1, 0.15) is 18.6 Å². The molecule has 1 aromatic carbocycles. The molecule has 22 heavy (non-hydrogen) atoms. The molecule has 1 aromatic heterocycles. The number of benzene rings is 1. The van der Waals surface area contributed by atoms with E-state index < -0.39 is 0 Å². The van der Waals surface area contributed by atoms with E-state index in [1.807, 2.05) is 23.6 Å². The van der Waals surface area contributed by atoms with Crippen LogP contribution in [0.5, 0.6) is 0 Å². The highest BCUT2D eigenvalue weighted by atomic mass is 32.1. The summed E-state index contributed by atoms with van der Waals surface area (Å²) in [5.74, 6) is -0.0319. The molecule has 0 bridgehead atoms. The zero-order valence-electron chi connectivity index (χ0n) is 12.4. The number of hydrogen-bond acceptors (Lipinski definition) is 5. The van der Waals surface area contributed by atoms with Crippen molar-refractivity contribution in [3.8, 4) is 0 Å². The van der Waals surface area contributed by atoms with Gasteiger partial charge in [-0.1, -0.05) is 30.3 Å². The molecule has 1 amide bonds. The average Bonchev–Trinajstić information content (AvgIpc) is 3.03. The molecule has 3 rings (SSSR count). The van der Waals surface area contributed by atoms with Crippen LogP contribution in [0, 0.1) is 0 Å². The van der Waals surface area contributed by atoms with E-state index in [4.69, 9.17) is 4.74 Å². The third-order valence-corrected chi connectivity index (χ3v) is 4.45. The van der Waals surface area contributed by atoms with Crippen LogP contribution in [0.2, 0.25) is 0 Å². The Balaban J connectivity index is 1.60. The van der Waals surface area contributed by atoms with Crippen LogP contribution >= 0.6 is 11.3 Å². The SMILES string of the molecule is CC1COC(c2ccccc2)CN1CC(=O)Nc1nccs1. The first kappa shape index (κ1) is 15.1. The van der Waals surface area contributed by atoms with Crippen molar-refractivity contribution in [2.45, 2.75) is 19.1 Å². The molecule has 1 fully saturated rings. The second-order valence-electron chi connectivity index (χ2n) is 5.40. The van der Waals surface area contributed by atoms with Crippen LogP contribution in [-0.2, 0) is 9.53 Å². The standard InChI is InChI=1S/C16H19N3O2S/c1-12-11-21-14(13-5-3-2-4-6-13)9-19(12)10-15(20)18-16-17-7-8-22-16/h2-8,12,14H,9-11H2,1H3,(H,17,18,20). The summed E-state index contributed by atoms with van der Waals surface area (Å²) in [6.45, 7) is 3.78. The average molecular weight is 317 g/mol. The number of nitrogens with one attached hydrogen (secondary N) is 1. The Bertz CT molecular complexity index is 603.